The van der Waals surface area contributed by atoms with E-state index in [0.717, 1.165) is 38.6 Å². The molecular formula is C37H45BrClN5O7S. The predicted molar refractivity (Wildman–Crippen MR) is 206 cm³/mol. The monoisotopic (exact) mass is 817 g/mol. The summed E-state index contributed by atoms with van der Waals surface area (Å²) < 4.78 is 35.2. The summed E-state index contributed by atoms with van der Waals surface area (Å²) in [7, 11) is 0. The van der Waals surface area contributed by atoms with E-state index in [1.165, 1.54) is 4.88 Å². The van der Waals surface area contributed by atoms with Crippen molar-refractivity contribution >= 4 is 56.2 Å². The normalized spacial score (nSPS) is 13.7. The van der Waals surface area contributed by atoms with Crippen LogP contribution in [0.3, 0.4) is 0 Å². The summed E-state index contributed by atoms with van der Waals surface area (Å²) in [5, 5.41) is 14.3. The highest BCUT2D eigenvalue weighted by Gasteiger charge is 2.32. The van der Waals surface area contributed by atoms with E-state index in [0.29, 0.717) is 95.0 Å². The number of anilines is 1. The van der Waals surface area contributed by atoms with Crippen LogP contribution in [0, 0.1) is 20.8 Å². The zero-order valence-electron chi connectivity index (χ0n) is 29.7. The average Bonchev–Trinajstić information content (AvgIpc) is 3.62. The summed E-state index contributed by atoms with van der Waals surface area (Å²) in [5.74, 6) is 1.85. The number of amides is 1. The molecule has 5 rings (SSSR count). The molecule has 4 aromatic rings. The van der Waals surface area contributed by atoms with Crippen LogP contribution in [0.15, 0.2) is 53.5 Å². The largest absolute Gasteiger partial charge is 0.491 e. The second kappa shape index (κ2) is 20.9. The molecular weight excluding hydrogens is 774 g/mol. The molecule has 1 aliphatic rings. The molecule has 1 unspecified atom stereocenters. The first-order valence-electron chi connectivity index (χ1n) is 17.2. The number of thiophene rings is 1. The summed E-state index contributed by atoms with van der Waals surface area (Å²) in [6.07, 6.45) is 0.0812. The van der Waals surface area contributed by atoms with Gasteiger partial charge in [0.15, 0.2) is 5.82 Å². The number of alkyl halides is 1. The van der Waals surface area contributed by atoms with Gasteiger partial charge in [-0.1, -0.05) is 39.7 Å². The maximum absolute atomic E-state index is 13.4. The SMILES string of the molecule is Cc1sc2c(c1C)C(c1ccc(Cl)cc1)=NC(CC(=O)Nc1ccc(OCCOCCOCCOCCOCCOCCBr)cc1)c1nnc(C)n1-2. The van der Waals surface area contributed by atoms with Gasteiger partial charge in [0.25, 0.3) is 0 Å². The molecule has 52 heavy (non-hydrogen) atoms. The second-order valence-corrected chi connectivity index (χ2v) is 14.2. The molecule has 0 saturated carbocycles. The Morgan fingerprint density at radius 1 is 0.808 bits per heavy atom. The molecule has 0 radical (unpaired) electrons. The van der Waals surface area contributed by atoms with Crippen LogP contribution in [0.5, 0.6) is 5.75 Å². The van der Waals surface area contributed by atoms with Gasteiger partial charge in [0.05, 0.1) is 78.2 Å². The van der Waals surface area contributed by atoms with Crippen LogP contribution in [-0.2, 0) is 28.5 Å². The zero-order valence-corrected chi connectivity index (χ0v) is 32.9. The number of carbonyl (C=O) groups excluding carboxylic acids is 1. The quantitative estimate of drug-likeness (QED) is 0.0683. The van der Waals surface area contributed by atoms with Crippen LogP contribution in [0.25, 0.3) is 5.00 Å². The van der Waals surface area contributed by atoms with Crippen molar-refractivity contribution in [1.29, 1.82) is 0 Å². The Morgan fingerprint density at radius 2 is 1.38 bits per heavy atom. The highest BCUT2D eigenvalue weighted by atomic mass is 79.9. The third kappa shape index (κ3) is 11.4. The number of carbonyl (C=O) groups is 1. The van der Waals surface area contributed by atoms with E-state index in [2.05, 4.69) is 45.3 Å². The first kappa shape index (κ1) is 40.0. The van der Waals surface area contributed by atoms with E-state index < -0.39 is 6.04 Å². The standard InChI is InChI=1S/C37H45BrClN5O7S/c1-25-26(2)52-37-34(25)35(28-4-6-29(39)7-5-28)41-32(36-43-42-27(3)44(36)37)24-33(45)40-30-8-10-31(11-9-30)51-23-22-50-21-20-49-19-18-48-17-16-47-15-14-46-13-12-38/h4-11,32H,12-24H2,1-3H3,(H,40,45). The van der Waals surface area contributed by atoms with E-state index in [1.54, 1.807) is 11.3 Å². The minimum atomic E-state index is -0.558. The van der Waals surface area contributed by atoms with Crippen molar-refractivity contribution < 1.29 is 33.2 Å². The average molecular weight is 819 g/mol. The molecule has 15 heteroatoms. The van der Waals surface area contributed by atoms with Crippen molar-refractivity contribution in [3.8, 4) is 10.8 Å². The van der Waals surface area contributed by atoms with Crippen molar-refractivity contribution in [1.82, 2.24) is 14.8 Å². The third-order valence-electron chi connectivity index (χ3n) is 8.08. The lowest BCUT2D eigenvalue weighted by molar-refractivity contribution is -0.116. The molecule has 0 aliphatic carbocycles. The topological polar surface area (TPSA) is 128 Å². The summed E-state index contributed by atoms with van der Waals surface area (Å²) in [5.41, 5.74) is 4.54. The summed E-state index contributed by atoms with van der Waals surface area (Å²) in [4.78, 5) is 19.8. The van der Waals surface area contributed by atoms with Gasteiger partial charge in [-0.2, -0.15) is 0 Å². The van der Waals surface area contributed by atoms with Crippen molar-refractivity contribution in [3.63, 3.8) is 0 Å². The Morgan fingerprint density at radius 3 is 1.98 bits per heavy atom. The number of aliphatic imine (C=N–C) groups is 1. The smallest absolute Gasteiger partial charge is 0.227 e. The molecule has 2 aromatic heterocycles. The predicted octanol–water partition coefficient (Wildman–Crippen LogP) is 6.69. The first-order chi connectivity index (χ1) is 25.4. The minimum absolute atomic E-state index is 0.0812. The molecule has 0 fully saturated rings. The highest BCUT2D eigenvalue weighted by molar-refractivity contribution is 9.09. The van der Waals surface area contributed by atoms with E-state index in [-0.39, 0.29) is 12.3 Å². The fourth-order valence-electron chi connectivity index (χ4n) is 5.41. The number of aryl methyl sites for hydroxylation is 2. The third-order valence-corrected chi connectivity index (χ3v) is 9.85. The molecule has 12 nitrogen and oxygen atoms in total. The van der Waals surface area contributed by atoms with Gasteiger partial charge in [0.2, 0.25) is 5.91 Å². The van der Waals surface area contributed by atoms with Crippen LogP contribution >= 0.6 is 38.9 Å². The second-order valence-electron chi connectivity index (χ2n) is 11.8. The lowest BCUT2D eigenvalue weighted by Gasteiger charge is -2.13. The van der Waals surface area contributed by atoms with Crippen LogP contribution in [0.4, 0.5) is 5.69 Å². The number of halogens is 2. The van der Waals surface area contributed by atoms with Crippen molar-refractivity contribution in [2.75, 3.05) is 83.3 Å². The minimum Gasteiger partial charge on any atom is -0.491 e. The van der Waals surface area contributed by atoms with Crippen LogP contribution < -0.4 is 10.1 Å². The van der Waals surface area contributed by atoms with Crippen molar-refractivity contribution in [2.45, 2.75) is 33.2 Å². The number of fused-ring (bicyclic) bond motifs is 3. The van der Waals surface area contributed by atoms with Gasteiger partial charge in [0, 0.05) is 32.0 Å². The Bertz CT molecular complexity index is 1750. The van der Waals surface area contributed by atoms with Gasteiger partial charge in [-0.05, 0) is 62.7 Å². The molecule has 2 aromatic carbocycles. The summed E-state index contributed by atoms with van der Waals surface area (Å²) in [6.45, 7) is 11.7. The number of hydrogen-bond acceptors (Lipinski definition) is 11. The number of ether oxygens (including phenoxy) is 6. The lowest BCUT2D eigenvalue weighted by atomic mass is 9.99. The fourth-order valence-corrected chi connectivity index (χ4v) is 6.98. The molecule has 3 heterocycles. The maximum Gasteiger partial charge on any atom is 0.227 e. The molecule has 0 spiro atoms. The van der Waals surface area contributed by atoms with Crippen LogP contribution in [0.1, 0.15) is 45.7 Å². The first-order valence-corrected chi connectivity index (χ1v) is 19.5. The molecule has 1 amide bonds. The molecule has 0 saturated heterocycles. The maximum atomic E-state index is 13.4. The lowest BCUT2D eigenvalue weighted by Crippen LogP contribution is -2.17. The van der Waals surface area contributed by atoms with E-state index >= 15 is 0 Å². The van der Waals surface area contributed by atoms with Gasteiger partial charge in [0.1, 0.15) is 29.2 Å². The number of rotatable bonds is 22. The van der Waals surface area contributed by atoms with Gasteiger partial charge in [-0.3, -0.25) is 14.4 Å². The molecule has 1 atom stereocenters. The van der Waals surface area contributed by atoms with Gasteiger partial charge in [-0.25, -0.2) is 0 Å². The number of benzene rings is 2. The Balaban J connectivity index is 1.04. The molecule has 1 aliphatic heterocycles. The Labute approximate surface area is 321 Å². The van der Waals surface area contributed by atoms with Crippen molar-refractivity contribution in [2.24, 2.45) is 4.99 Å². The van der Waals surface area contributed by atoms with E-state index in [9.17, 15) is 4.79 Å². The Kier molecular flexibility index (Phi) is 16.1. The number of aromatic nitrogens is 3. The van der Waals surface area contributed by atoms with Crippen molar-refractivity contribution in [3.05, 3.63) is 86.8 Å². The number of hydrogen-bond donors (Lipinski definition) is 1. The molecule has 1 N–H and O–H groups in total. The van der Waals surface area contributed by atoms with Crippen LogP contribution in [-0.4, -0.2) is 104 Å². The van der Waals surface area contributed by atoms with E-state index in [1.807, 2.05) is 60.0 Å². The number of nitrogens with one attached hydrogen (secondary N) is 1. The summed E-state index contributed by atoms with van der Waals surface area (Å²) >= 11 is 11.2. The summed E-state index contributed by atoms with van der Waals surface area (Å²) in [6, 6.07) is 14.3. The molecule has 280 valence electrons. The number of nitrogens with zero attached hydrogens (tertiary/aromatic N) is 4. The van der Waals surface area contributed by atoms with Crippen LogP contribution in [0.2, 0.25) is 5.02 Å². The highest BCUT2D eigenvalue weighted by Crippen LogP contribution is 2.39. The van der Waals surface area contributed by atoms with Gasteiger partial charge >= 0.3 is 0 Å². The zero-order chi connectivity index (χ0) is 36.7. The van der Waals surface area contributed by atoms with Gasteiger partial charge in [-0.15, -0.1) is 21.5 Å². The molecule has 0 bridgehead atoms. The fraction of sp³-hybridized carbons (Fsp3) is 0.459. The van der Waals surface area contributed by atoms with E-state index in [4.69, 9.17) is 45.0 Å². The Hall–Kier alpha value is -3.21. The van der Waals surface area contributed by atoms with Gasteiger partial charge < -0.3 is 33.7 Å².